The highest BCUT2D eigenvalue weighted by atomic mass is 16.5. The van der Waals surface area contributed by atoms with Gasteiger partial charge >= 0.3 is 11.9 Å². The normalized spacial score (nSPS) is 26.8. The number of nitrogens with two attached hydrogens (primary N) is 1. The molecule has 4 aliphatic rings. The van der Waals surface area contributed by atoms with Crippen molar-refractivity contribution in [2.24, 2.45) is 22.6 Å². The van der Waals surface area contributed by atoms with Gasteiger partial charge in [-0.15, -0.1) is 0 Å². The second kappa shape index (κ2) is 14.4. The molecule has 0 saturated heterocycles. The van der Waals surface area contributed by atoms with Crippen LogP contribution in [0.1, 0.15) is 76.5 Å². The van der Waals surface area contributed by atoms with E-state index in [1.165, 1.54) is 0 Å². The summed E-state index contributed by atoms with van der Waals surface area (Å²) in [6.45, 7) is 3.41. The quantitative estimate of drug-likeness (QED) is 0.331. The van der Waals surface area contributed by atoms with Crippen LogP contribution in [-0.4, -0.2) is 81.2 Å². The number of ether oxygens (including phenoxy) is 1. The van der Waals surface area contributed by atoms with Crippen molar-refractivity contribution in [2.75, 3.05) is 19.7 Å². The number of hydrogen-bond donors (Lipinski definition) is 3. The number of carbonyl (C=O) groups is 2. The molecule has 10 nitrogen and oxygen atoms in total. The fraction of sp³-hybridized carbons (Fsp3) is 0.528. The number of hydrogen-bond acceptors (Lipinski definition) is 9. The van der Waals surface area contributed by atoms with E-state index in [9.17, 15) is 19.8 Å². The van der Waals surface area contributed by atoms with Crippen molar-refractivity contribution in [1.82, 2.24) is 14.9 Å². The molecule has 2 fully saturated rings. The Balaban J connectivity index is 1.17. The summed E-state index contributed by atoms with van der Waals surface area (Å²) in [5.41, 5.74) is 11.1. The van der Waals surface area contributed by atoms with Crippen LogP contribution in [-0.2, 0) is 14.3 Å². The van der Waals surface area contributed by atoms with Crippen molar-refractivity contribution in [2.45, 2.75) is 89.1 Å². The highest BCUT2D eigenvalue weighted by Gasteiger charge is 2.39. The van der Waals surface area contributed by atoms with Gasteiger partial charge in [0, 0.05) is 25.6 Å². The van der Waals surface area contributed by atoms with Crippen LogP contribution >= 0.6 is 0 Å². The lowest BCUT2D eigenvalue weighted by atomic mass is 9.85. The molecule has 6 rings (SSSR count). The second-order valence-electron chi connectivity index (χ2n) is 13.4. The first-order valence-corrected chi connectivity index (χ1v) is 16.8. The Morgan fingerprint density at radius 1 is 0.935 bits per heavy atom. The molecule has 46 heavy (non-hydrogen) atoms. The molecule has 2 aliphatic carbocycles. The minimum absolute atomic E-state index is 0.0765. The number of carbonyl (C=O) groups excluding carboxylic acids is 1. The number of esters is 1. The van der Waals surface area contributed by atoms with Gasteiger partial charge in [0.1, 0.15) is 19.2 Å². The molecule has 0 radical (unpaired) electrons. The highest BCUT2D eigenvalue weighted by molar-refractivity contribution is 5.72. The summed E-state index contributed by atoms with van der Waals surface area (Å²) < 4.78 is 5.86. The monoisotopic (exact) mass is 629 g/mol. The van der Waals surface area contributed by atoms with E-state index in [0.29, 0.717) is 32.4 Å². The smallest absolute Gasteiger partial charge is 0.309 e. The Kier molecular flexibility index (Phi) is 10.1. The first kappa shape index (κ1) is 32.2. The summed E-state index contributed by atoms with van der Waals surface area (Å²) in [5, 5.41) is 25.5. The molecule has 2 aromatic carbocycles. The predicted molar refractivity (Wildman–Crippen MR) is 176 cm³/mol. The van der Waals surface area contributed by atoms with E-state index in [2.05, 4.69) is 27.1 Å². The maximum atomic E-state index is 12.9. The lowest BCUT2D eigenvalue weighted by Gasteiger charge is -2.50. The van der Waals surface area contributed by atoms with Crippen LogP contribution in [0, 0.1) is 11.8 Å². The number of carboxylic acids is 1. The van der Waals surface area contributed by atoms with Crippen molar-refractivity contribution in [1.29, 1.82) is 0 Å². The van der Waals surface area contributed by atoms with Gasteiger partial charge < -0.3 is 20.7 Å². The molecule has 1 unspecified atom stereocenters. The van der Waals surface area contributed by atoms with Crippen LogP contribution in [0.25, 0.3) is 11.1 Å². The van der Waals surface area contributed by atoms with Crippen LogP contribution in [0.5, 0.6) is 0 Å². The van der Waals surface area contributed by atoms with Crippen molar-refractivity contribution in [3.8, 4) is 11.1 Å². The summed E-state index contributed by atoms with van der Waals surface area (Å²) >= 11 is 0. The standard InChI is InChI=1S/C36H47N5O5/c1-24(22-46-36(45)29-11-15-30(37)16-12-29)40-23-38-32-19-20-39(21-33(32)41(40)31-17-13-28(14-18-31)35(43)44)34(42)27-9-7-26(8-10-27)25-5-3-2-4-6-25/h2-10,23-24,28-31,34,42H,11-22,37H2,1H3,(H,43,44)/t24-,28?,29?,30?,31?,34?/m1/s1. The molecule has 0 spiro atoms. The minimum Gasteiger partial charge on any atom is -0.481 e. The third-order valence-electron chi connectivity index (χ3n) is 10.3. The van der Waals surface area contributed by atoms with Gasteiger partial charge in [0.25, 0.3) is 0 Å². The molecule has 4 N–H and O–H groups in total. The molecule has 2 aliphatic heterocycles. The summed E-state index contributed by atoms with van der Waals surface area (Å²) in [7, 11) is 0. The zero-order valence-electron chi connectivity index (χ0n) is 26.7. The molecule has 0 bridgehead atoms. The number of hydrazine groups is 1. The molecular weight excluding hydrogens is 582 g/mol. The van der Waals surface area contributed by atoms with Gasteiger partial charge in [0.15, 0.2) is 0 Å². The van der Waals surface area contributed by atoms with E-state index < -0.39 is 12.2 Å². The Morgan fingerprint density at radius 2 is 1.59 bits per heavy atom. The fourth-order valence-corrected chi connectivity index (χ4v) is 7.38. The van der Waals surface area contributed by atoms with E-state index >= 15 is 0 Å². The SMILES string of the molecule is C[C@H](COC(=O)C1CCC(N)CC1)N1C=NC2=C(CN(C(O)c3ccc(-c4ccccc4)cc3)CC2)N1C1CCC(C(=O)O)CC1. The Labute approximate surface area is 271 Å². The van der Waals surface area contributed by atoms with Crippen molar-refractivity contribution in [3.05, 3.63) is 71.6 Å². The maximum absolute atomic E-state index is 12.9. The number of nitrogens with zero attached hydrogens (tertiary/aromatic N) is 4. The van der Waals surface area contributed by atoms with Crippen LogP contribution in [0.2, 0.25) is 0 Å². The molecule has 2 aromatic rings. The van der Waals surface area contributed by atoms with Gasteiger partial charge in [-0.25, -0.2) is 4.99 Å². The van der Waals surface area contributed by atoms with Crippen LogP contribution in [0.3, 0.4) is 0 Å². The summed E-state index contributed by atoms with van der Waals surface area (Å²) in [6, 6.07) is 18.3. The molecule has 10 heteroatoms. The van der Waals surface area contributed by atoms with E-state index in [-0.39, 0.29) is 42.5 Å². The molecular formula is C36H47N5O5. The third kappa shape index (κ3) is 7.14. The first-order chi connectivity index (χ1) is 22.3. The van der Waals surface area contributed by atoms with E-state index in [4.69, 9.17) is 15.5 Å². The fourth-order valence-electron chi connectivity index (χ4n) is 7.38. The van der Waals surface area contributed by atoms with Crippen molar-refractivity contribution >= 4 is 18.3 Å². The molecule has 0 aromatic heterocycles. The van der Waals surface area contributed by atoms with Gasteiger partial charge in [-0.05, 0) is 75.0 Å². The lowest BCUT2D eigenvalue weighted by Crippen LogP contribution is -2.57. The van der Waals surface area contributed by atoms with Crippen molar-refractivity contribution < 1.29 is 24.5 Å². The largest absolute Gasteiger partial charge is 0.481 e. The molecule has 246 valence electrons. The summed E-state index contributed by atoms with van der Waals surface area (Å²) in [5.74, 6) is -1.33. The average molecular weight is 630 g/mol. The van der Waals surface area contributed by atoms with E-state index in [1.54, 1.807) is 0 Å². The number of aliphatic hydroxyl groups is 1. The minimum atomic E-state index is -0.787. The van der Waals surface area contributed by atoms with Gasteiger partial charge in [-0.3, -0.25) is 24.5 Å². The van der Waals surface area contributed by atoms with Gasteiger partial charge in [-0.2, -0.15) is 0 Å². The first-order valence-electron chi connectivity index (χ1n) is 16.8. The third-order valence-corrected chi connectivity index (χ3v) is 10.3. The van der Waals surface area contributed by atoms with Crippen LogP contribution in [0.15, 0.2) is 71.0 Å². The van der Waals surface area contributed by atoms with Gasteiger partial charge in [0.2, 0.25) is 0 Å². The lowest BCUT2D eigenvalue weighted by molar-refractivity contribution is -0.153. The number of carboxylic acid groups (broad SMARTS) is 1. The van der Waals surface area contributed by atoms with Gasteiger partial charge in [0.05, 0.1) is 35.3 Å². The predicted octanol–water partition coefficient (Wildman–Crippen LogP) is 4.92. The number of aliphatic hydroxyl groups excluding tert-OH is 1. The average Bonchev–Trinajstić information content (AvgIpc) is 3.10. The maximum Gasteiger partial charge on any atom is 0.309 e. The summed E-state index contributed by atoms with van der Waals surface area (Å²) in [6.07, 6.45) is 7.65. The number of rotatable bonds is 9. The molecule has 2 atom stereocenters. The van der Waals surface area contributed by atoms with Gasteiger partial charge in [-0.1, -0.05) is 54.6 Å². The zero-order chi connectivity index (χ0) is 32.2. The number of aliphatic carboxylic acids is 1. The van der Waals surface area contributed by atoms with Crippen molar-refractivity contribution in [3.63, 3.8) is 0 Å². The van der Waals surface area contributed by atoms with Crippen LogP contribution in [0.4, 0.5) is 0 Å². The molecule has 0 amide bonds. The molecule has 2 saturated carbocycles. The Bertz CT molecular complexity index is 1410. The number of benzene rings is 2. The van der Waals surface area contributed by atoms with Crippen LogP contribution < -0.4 is 5.73 Å². The topological polar surface area (TPSA) is 132 Å². The van der Waals surface area contributed by atoms with E-state index in [0.717, 1.165) is 66.6 Å². The highest BCUT2D eigenvalue weighted by Crippen LogP contribution is 2.37. The number of aliphatic imine (C=N–C) groups is 1. The Morgan fingerprint density at radius 3 is 2.26 bits per heavy atom. The Hall–Kier alpha value is -3.73. The van der Waals surface area contributed by atoms with E-state index in [1.807, 2.05) is 55.7 Å². The molecule has 2 heterocycles. The zero-order valence-corrected chi connectivity index (χ0v) is 26.7. The summed E-state index contributed by atoms with van der Waals surface area (Å²) in [4.78, 5) is 31.6. The second-order valence-corrected chi connectivity index (χ2v) is 13.4.